The van der Waals surface area contributed by atoms with Crippen LogP contribution in [-0.2, 0) is 10.3 Å². The van der Waals surface area contributed by atoms with E-state index in [-0.39, 0.29) is 35.0 Å². The van der Waals surface area contributed by atoms with Crippen LogP contribution in [-0.4, -0.2) is 55.1 Å². The first-order chi connectivity index (χ1) is 6.51. The molecule has 1 rings (SSSR count). The van der Waals surface area contributed by atoms with E-state index in [9.17, 15) is 8.42 Å². The molecule has 9 heteroatoms. The first-order valence-corrected chi connectivity index (χ1v) is 5.09. The third-order valence-corrected chi connectivity index (χ3v) is 1.77. The fourth-order valence-electron chi connectivity index (χ4n) is 0.798. The van der Waals surface area contributed by atoms with Crippen LogP contribution in [0.1, 0.15) is 0 Å². The molecule has 0 saturated carbocycles. The van der Waals surface area contributed by atoms with Crippen molar-refractivity contribution in [3.63, 3.8) is 0 Å². The van der Waals surface area contributed by atoms with E-state index in [1.165, 1.54) is 7.11 Å². The van der Waals surface area contributed by atoms with Crippen molar-refractivity contribution in [3.8, 4) is 5.75 Å². The fourth-order valence-corrected chi connectivity index (χ4v) is 1.04. The van der Waals surface area contributed by atoms with Crippen molar-refractivity contribution in [1.82, 2.24) is 4.83 Å². The topological polar surface area (TPSA) is 119 Å². The molecule has 0 aliphatic heterocycles. The first kappa shape index (κ1) is 18.0. The molecule has 0 heterocycles. The number of hydrogen-bond donors (Lipinski definition) is 3. The van der Waals surface area contributed by atoms with Gasteiger partial charge in [0.05, 0.1) is 12.8 Å². The molecule has 1 aromatic rings. The predicted molar refractivity (Wildman–Crippen MR) is 62.1 cm³/mol. The van der Waals surface area contributed by atoms with E-state index in [4.69, 9.17) is 9.29 Å². The van der Waals surface area contributed by atoms with Gasteiger partial charge in [-0.2, -0.15) is 8.42 Å². The van der Waals surface area contributed by atoms with E-state index in [1.54, 1.807) is 29.1 Å². The molecule has 88 valence electrons. The Labute approximate surface area is 116 Å². The summed E-state index contributed by atoms with van der Waals surface area (Å²) in [7, 11) is -2.70. The van der Waals surface area contributed by atoms with Gasteiger partial charge in [0.1, 0.15) is 5.75 Å². The van der Waals surface area contributed by atoms with Crippen LogP contribution in [0.2, 0.25) is 0 Å². The van der Waals surface area contributed by atoms with Gasteiger partial charge in [-0.15, -0.1) is 4.83 Å². The first-order valence-electron chi connectivity index (χ1n) is 3.65. The number of hydrazine groups is 1. The van der Waals surface area contributed by atoms with Gasteiger partial charge in [0.2, 0.25) is 0 Å². The molecule has 0 bridgehead atoms. The molecule has 0 spiro atoms. The van der Waals surface area contributed by atoms with Gasteiger partial charge in [-0.05, 0) is 24.3 Å². The van der Waals surface area contributed by atoms with Crippen LogP contribution < -0.4 is 15.0 Å². The van der Waals surface area contributed by atoms with Crippen molar-refractivity contribution >= 4 is 45.5 Å². The predicted octanol–water partition coefficient (Wildman–Crippen LogP) is -1.06. The Morgan fingerprint density at radius 1 is 1.25 bits per heavy atom. The zero-order valence-electron chi connectivity index (χ0n) is 7.89. The van der Waals surface area contributed by atoms with E-state index in [0.717, 1.165) is 0 Å². The number of rotatable bonds is 4. The fraction of sp³-hybridized carbons (Fsp3) is 0.143. The normalized spacial score (nSPS) is 9.62. The van der Waals surface area contributed by atoms with Crippen LogP contribution in [0, 0.1) is 0 Å². The number of nitrogens with one attached hydrogen (secondary N) is 2. The summed E-state index contributed by atoms with van der Waals surface area (Å²) >= 11 is 0. The van der Waals surface area contributed by atoms with Gasteiger partial charge in [-0.25, -0.2) is 0 Å². The molecule has 0 aliphatic carbocycles. The summed E-state index contributed by atoms with van der Waals surface area (Å²) in [5.74, 6) is 0.655. The molecule has 0 amide bonds. The van der Waals surface area contributed by atoms with Gasteiger partial charge in [0, 0.05) is 0 Å². The molecule has 5 N–H and O–H groups in total. The van der Waals surface area contributed by atoms with Gasteiger partial charge in [0.25, 0.3) is 0 Å². The number of anilines is 1. The minimum absolute atomic E-state index is 0. The van der Waals surface area contributed by atoms with Crippen molar-refractivity contribution in [2.75, 3.05) is 12.5 Å². The second-order valence-electron chi connectivity index (χ2n) is 2.43. The summed E-state index contributed by atoms with van der Waals surface area (Å²) in [5.41, 5.74) is 2.78. The molecule has 16 heavy (non-hydrogen) atoms. The SMILES string of the molecule is COc1ccc(NNS(=O)(=O)O)cc1.O.[NaH]. The Morgan fingerprint density at radius 2 is 1.75 bits per heavy atom. The molecule has 1 aromatic carbocycles. The van der Waals surface area contributed by atoms with Gasteiger partial charge < -0.3 is 15.6 Å². The second kappa shape index (κ2) is 7.85. The average Bonchev–Trinajstić information content (AvgIpc) is 2.14. The standard InChI is InChI=1S/C7H10N2O4S.Na.H2O.H/c1-13-7-4-2-6(3-5-7)8-9-14(10,11)12;;;/h2-5,8-9H,1H3,(H,10,11,12);;1H2;. The molecule has 7 nitrogen and oxygen atoms in total. The number of ether oxygens (including phenoxy) is 1. The minimum atomic E-state index is -4.23. The van der Waals surface area contributed by atoms with Gasteiger partial charge in [-0.1, -0.05) is 0 Å². The molecule has 0 atom stereocenters. The summed E-state index contributed by atoms with van der Waals surface area (Å²) in [5, 5.41) is 0. The van der Waals surface area contributed by atoms with E-state index < -0.39 is 10.3 Å². The van der Waals surface area contributed by atoms with Crippen molar-refractivity contribution in [1.29, 1.82) is 0 Å². The maximum absolute atomic E-state index is 10.3. The van der Waals surface area contributed by atoms with E-state index in [0.29, 0.717) is 11.4 Å². The van der Waals surface area contributed by atoms with Crippen LogP contribution in [0.4, 0.5) is 5.69 Å². The van der Waals surface area contributed by atoms with Crippen LogP contribution in [0.3, 0.4) is 0 Å². The van der Waals surface area contributed by atoms with E-state index in [2.05, 4.69) is 5.43 Å². The zero-order valence-corrected chi connectivity index (χ0v) is 8.71. The molecule has 0 aromatic heterocycles. The van der Waals surface area contributed by atoms with Crippen LogP contribution >= 0.6 is 0 Å². The van der Waals surface area contributed by atoms with Crippen LogP contribution in [0.25, 0.3) is 0 Å². The molecule has 0 aliphatic rings. The Morgan fingerprint density at radius 3 is 2.12 bits per heavy atom. The molecular weight excluding hydrogens is 247 g/mol. The van der Waals surface area contributed by atoms with Crippen molar-refractivity contribution in [2.24, 2.45) is 0 Å². The van der Waals surface area contributed by atoms with Gasteiger partial charge in [-0.3, -0.25) is 4.55 Å². The van der Waals surface area contributed by atoms with Crippen molar-refractivity contribution < 1.29 is 23.2 Å². The monoisotopic (exact) mass is 260 g/mol. The quantitative estimate of drug-likeness (QED) is 0.362. The van der Waals surface area contributed by atoms with Gasteiger partial charge in [0.15, 0.2) is 0 Å². The molecule has 0 saturated heterocycles. The van der Waals surface area contributed by atoms with Crippen molar-refractivity contribution in [3.05, 3.63) is 24.3 Å². The summed E-state index contributed by atoms with van der Waals surface area (Å²) in [6.07, 6.45) is 0. The summed E-state index contributed by atoms with van der Waals surface area (Å²) in [6.45, 7) is 0. The zero-order chi connectivity index (χ0) is 10.6. The Balaban J connectivity index is 0. The van der Waals surface area contributed by atoms with E-state index >= 15 is 0 Å². The Kier molecular flexibility index (Phi) is 8.84. The second-order valence-corrected chi connectivity index (χ2v) is 3.58. The third kappa shape index (κ3) is 7.01. The average molecular weight is 260 g/mol. The Bertz CT molecular complexity index is 394. The molecule has 0 unspecified atom stereocenters. The summed E-state index contributed by atoms with van der Waals surface area (Å²) in [4.78, 5) is 1.71. The molecule has 0 radical (unpaired) electrons. The summed E-state index contributed by atoms with van der Waals surface area (Å²) < 4.78 is 33.8. The van der Waals surface area contributed by atoms with Gasteiger partial charge >= 0.3 is 39.9 Å². The third-order valence-electron chi connectivity index (χ3n) is 1.41. The van der Waals surface area contributed by atoms with E-state index in [1.807, 2.05) is 0 Å². The number of hydrogen-bond acceptors (Lipinski definition) is 4. The Hall–Kier alpha value is -0.350. The number of benzene rings is 1. The molecule has 0 fully saturated rings. The molecular formula is C7H13N2NaO5S. The number of methoxy groups -OCH3 is 1. The maximum atomic E-state index is 10.3. The van der Waals surface area contributed by atoms with Crippen LogP contribution in [0.15, 0.2) is 24.3 Å². The van der Waals surface area contributed by atoms with Crippen molar-refractivity contribution in [2.45, 2.75) is 0 Å². The van der Waals surface area contributed by atoms with Crippen LogP contribution in [0.5, 0.6) is 5.75 Å². The summed E-state index contributed by atoms with van der Waals surface area (Å²) in [6, 6.07) is 6.48.